The summed E-state index contributed by atoms with van der Waals surface area (Å²) in [5, 5.41) is 3.12. The van der Waals surface area contributed by atoms with Gasteiger partial charge in [0.25, 0.3) is 0 Å². The third-order valence-corrected chi connectivity index (χ3v) is 5.94. The first-order chi connectivity index (χ1) is 13.6. The highest BCUT2D eigenvalue weighted by Gasteiger charge is 2.41. The van der Waals surface area contributed by atoms with Crippen molar-refractivity contribution in [3.05, 3.63) is 59.7 Å². The SMILES string of the molecule is Cc1ccc(NC(=O)C2(c3ccccc3)CCOCC2)cc1N1CCCC1=O. The molecule has 28 heavy (non-hydrogen) atoms. The van der Waals surface area contributed by atoms with Crippen molar-refractivity contribution < 1.29 is 14.3 Å². The fraction of sp³-hybridized carbons (Fsp3) is 0.391. The Morgan fingerprint density at radius 1 is 1.11 bits per heavy atom. The number of rotatable bonds is 4. The maximum absolute atomic E-state index is 13.4. The van der Waals surface area contributed by atoms with Crippen molar-refractivity contribution in [2.24, 2.45) is 0 Å². The predicted octanol–water partition coefficient (Wildman–Crippen LogP) is 3.81. The Hall–Kier alpha value is -2.66. The number of hydrogen-bond donors (Lipinski definition) is 1. The van der Waals surface area contributed by atoms with E-state index in [9.17, 15) is 9.59 Å². The topological polar surface area (TPSA) is 58.6 Å². The van der Waals surface area contributed by atoms with Crippen LogP contribution in [0.2, 0.25) is 0 Å². The normalized spacial score (nSPS) is 18.9. The molecule has 0 unspecified atom stereocenters. The van der Waals surface area contributed by atoms with Crippen LogP contribution >= 0.6 is 0 Å². The van der Waals surface area contributed by atoms with E-state index in [1.165, 1.54) is 0 Å². The van der Waals surface area contributed by atoms with Gasteiger partial charge >= 0.3 is 0 Å². The number of nitrogens with one attached hydrogen (secondary N) is 1. The first-order valence-corrected chi connectivity index (χ1v) is 9.96. The fourth-order valence-corrected chi connectivity index (χ4v) is 4.26. The second-order valence-electron chi connectivity index (χ2n) is 7.66. The maximum atomic E-state index is 13.4. The molecule has 2 aromatic rings. The molecule has 2 aromatic carbocycles. The summed E-state index contributed by atoms with van der Waals surface area (Å²) in [5.74, 6) is 0.140. The Labute approximate surface area is 165 Å². The van der Waals surface area contributed by atoms with Crippen LogP contribution in [0.4, 0.5) is 11.4 Å². The van der Waals surface area contributed by atoms with Gasteiger partial charge in [-0.2, -0.15) is 0 Å². The molecule has 146 valence electrons. The van der Waals surface area contributed by atoms with Crippen LogP contribution in [0.15, 0.2) is 48.5 Å². The van der Waals surface area contributed by atoms with E-state index in [0.717, 1.165) is 35.5 Å². The third-order valence-electron chi connectivity index (χ3n) is 5.94. The fourth-order valence-electron chi connectivity index (χ4n) is 4.26. The Bertz CT molecular complexity index is 873. The Kier molecular flexibility index (Phi) is 5.18. The van der Waals surface area contributed by atoms with E-state index in [1.54, 1.807) is 0 Å². The molecule has 2 heterocycles. The van der Waals surface area contributed by atoms with Gasteiger partial charge in [0.05, 0.1) is 5.41 Å². The number of aryl methyl sites for hydroxylation is 1. The molecule has 2 fully saturated rings. The number of amides is 2. The number of nitrogens with zero attached hydrogens (tertiary/aromatic N) is 1. The van der Waals surface area contributed by atoms with Crippen LogP contribution in [0.25, 0.3) is 0 Å². The van der Waals surface area contributed by atoms with Crippen molar-refractivity contribution in [1.29, 1.82) is 0 Å². The van der Waals surface area contributed by atoms with Gasteiger partial charge in [0.15, 0.2) is 0 Å². The van der Waals surface area contributed by atoms with Crippen LogP contribution < -0.4 is 10.2 Å². The predicted molar refractivity (Wildman–Crippen MR) is 110 cm³/mol. The van der Waals surface area contributed by atoms with E-state index in [-0.39, 0.29) is 11.8 Å². The standard InChI is InChI=1S/C23H26N2O3/c1-17-9-10-19(16-20(17)25-13-5-8-21(25)26)24-22(27)23(11-14-28-15-12-23)18-6-3-2-4-7-18/h2-4,6-7,9-10,16H,5,8,11-15H2,1H3,(H,24,27). The number of anilines is 2. The van der Waals surface area contributed by atoms with Crippen LogP contribution in [0.1, 0.15) is 36.8 Å². The largest absolute Gasteiger partial charge is 0.381 e. The van der Waals surface area contributed by atoms with Gasteiger partial charge in [-0.25, -0.2) is 0 Å². The monoisotopic (exact) mass is 378 g/mol. The molecule has 0 atom stereocenters. The van der Waals surface area contributed by atoms with Gasteiger partial charge < -0.3 is 15.0 Å². The van der Waals surface area contributed by atoms with Gasteiger partial charge in [0.2, 0.25) is 11.8 Å². The summed E-state index contributed by atoms with van der Waals surface area (Å²) in [5.41, 5.74) is 3.09. The minimum Gasteiger partial charge on any atom is -0.381 e. The van der Waals surface area contributed by atoms with Crippen molar-refractivity contribution in [1.82, 2.24) is 0 Å². The Balaban J connectivity index is 1.62. The number of carbonyl (C=O) groups excluding carboxylic acids is 2. The number of benzene rings is 2. The zero-order chi connectivity index (χ0) is 19.6. The van der Waals surface area contributed by atoms with Crippen LogP contribution in [-0.4, -0.2) is 31.6 Å². The number of carbonyl (C=O) groups is 2. The summed E-state index contributed by atoms with van der Waals surface area (Å²) in [7, 11) is 0. The van der Waals surface area contributed by atoms with Gasteiger partial charge in [-0.05, 0) is 49.4 Å². The second-order valence-corrected chi connectivity index (χ2v) is 7.66. The lowest BCUT2D eigenvalue weighted by atomic mass is 9.73. The van der Waals surface area contributed by atoms with Crippen molar-refractivity contribution >= 4 is 23.2 Å². The molecular weight excluding hydrogens is 352 g/mol. The van der Waals surface area contributed by atoms with Crippen molar-refractivity contribution in [3.8, 4) is 0 Å². The van der Waals surface area contributed by atoms with Crippen LogP contribution in [0, 0.1) is 6.92 Å². The average molecular weight is 378 g/mol. The summed E-state index contributed by atoms with van der Waals surface area (Å²) in [4.78, 5) is 27.4. The van der Waals surface area contributed by atoms with Crippen LogP contribution in [-0.2, 0) is 19.7 Å². The summed E-state index contributed by atoms with van der Waals surface area (Å²) < 4.78 is 5.54. The summed E-state index contributed by atoms with van der Waals surface area (Å²) >= 11 is 0. The summed E-state index contributed by atoms with van der Waals surface area (Å²) in [6, 6.07) is 15.8. The highest BCUT2D eigenvalue weighted by Crippen LogP contribution is 2.37. The van der Waals surface area contributed by atoms with E-state index < -0.39 is 5.41 Å². The van der Waals surface area contributed by atoms with Crippen molar-refractivity contribution in [3.63, 3.8) is 0 Å². The number of hydrogen-bond acceptors (Lipinski definition) is 3. The minimum atomic E-state index is -0.589. The molecule has 4 rings (SSSR count). The molecule has 1 N–H and O–H groups in total. The quantitative estimate of drug-likeness (QED) is 0.880. The first-order valence-electron chi connectivity index (χ1n) is 9.96. The highest BCUT2D eigenvalue weighted by molar-refractivity contribution is 6.01. The zero-order valence-corrected chi connectivity index (χ0v) is 16.2. The smallest absolute Gasteiger partial charge is 0.235 e. The van der Waals surface area contributed by atoms with Crippen molar-refractivity contribution in [2.45, 2.75) is 38.0 Å². The molecular formula is C23H26N2O3. The molecule has 2 aliphatic heterocycles. The molecule has 0 aromatic heterocycles. The summed E-state index contributed by atoms with van der Waals surface area (Å²) in [6.45, 7) is 3.88. The third kappa shape index (κ3) is 3.42. The van der Waals surface area contributed by atoms with E-state index in [1.807, 2.05) is 60.4 Å². The van der Waals surface area contributed by atoms with Gasteiger partial charge in [0, 0.05) is 37.6 Å². The summed E-state index contributed by atoms with van der Waals surface area (Å²) in [6.07, 6.45) is 2.79. The second kappa shape index (κ2) is 7.76. The molecule has 0 aliphatic carbocycles. The van der Waals surface area contributed by atoms with E-state index >= 15 is 0 Å². The van der Waals surface area contributed by atoms with Gasteiger partial charge in [-0.3, -0.25) is 9.59 Å². The lowest BCUT2D eigenvalue weighted by Crippen LogP contribution is -2.44. The van der Waals surface area contributed by atoms with Gasteiger partial charge in [-0.1, -0.05) is 36.4 Å². The number of ether oxygens (including phenoxy) is 1. The van der Waals surface area contributed by atoms with Crippen molar-refractivity contribution in [2.75, 3.05) is 30.0 Å². The van der Waals surface area contributed by atoms with Crippen LogP contribution in [0.3, 0.4) is 0 Å². The molecule has 0 spiro atoms. The molecule has 5 heteroatoms. The molecule has 0 bridgehead atoms. The highest BCUT2D eigenvalue weighted by atomic mass is 16.5. The Morgan fingerprint density at radius 2 is 1.86 bits per heavy atom. The lowest BCUT2D eigenvalue weighted by Gasteiger charge is -2.36. The molecule has 2 aliphatic rings. The molecule has 5 nitrogen and oxygen atoms in total. The molecule has 2 amide bonds. The van der Waals surface area contributed by atoms with Gasteiger partial charge in [-0.15, -0.1) is 0 Å². The molecule has 2 saturated heterocycles. The first kappa shape index (κ1) is 18.7. The zero-order valence-electron chi connectivity index (χ0n) is 16.2. The van der Waals surface area contributed by atoms with E-state index in [4.69, 9.17) is 4.74 Å². The molecule has 0 radical (unpaired) electrons. The van der Waals surface area contributed by atoms with E-state index in [0.29, 0.717) is 32.5 Å². The molecule has 0 saturated carbocycles. The van der Waals surface area contributed by atoms with Gasteiger partial charge in [0.1, 0.15) is 0 Å². The lowest BCUT2D eigenvalue weighted by molar-refractivity contribution is -0.125. The Morgan fingerprint density at radius 3 is 2.54 bits per heavy atom. The minimum absolute atomic E-state index is 0.00967. The average Bonchev–Trinajstić information content (AvgIpc) is 3.16. The van der Waals surface area contributed by atoms with E-state index in [2.05, 4.69) is 5.32 Å². The maximum Gasteiger partial charge on any atom is 0.235 e. The van der Waals surface area contributed by atoms with Crippen LogP contribution in [0.5, 0.6) is 0 Å².